The summed E-state index contributed by atoms with van der Waals surface area (Å²) in [5, 5.41) is 21.6. The van der Waals surface area contributed by atoms with Crippen molar-refractivity contribution >= 4 is 17.5 Å². The average Bonchev–Trinajstić information content (AvgIpc) is 3.75. The molecule has 0 bridgehead atoms. The number of hydrogen-bond acceptors (Lipinski definition) is 6. The molecule has 10 heteroatoms. The van der Waals surface area contributed by atoms with Crippen LogP contribution < -0.4 is 0 Å². The predicted molar refractivity (Wildman–Crippen MR) is 156 cm³/mol. The molecule has 1 N–H and O–H groups in total. The number of aryl methyl sites for hydroxylation is 1. The minimum atomic E-state index is -1.67. The number of hydrogen-bond donors (Lipinski definition) is 1. The summed E-state index contributed by atoms with van der Waals surface area (Å²) in [5.41, 5.74) is -0.873. The van der Waals surface area contributed by atoms with Crippen LogP contribution in [0.4, 0.5) is 4.39 Å². The van der Waals surface area contributed by atoms with Crippen LogP contribution in [0.3, 0.4) is 0 Å². The first kappa shape index (κ1) is 29.0. The van der Waals surface area contributed by atoms with Crippen LogP contribution in [0.5, 0.6) is 0 Å². The standard InChI is InChI=1S/C33H30ClFN4O4/c1-3-32(41,29-18-38(2)20-37-29)24-14-27-30(28(35)15-24)33(43-26-12-13-42-19-26,23-8-10-25(34)11-9-23)39(31(27)40)17-22-6-4-21(16-36)5-7-22/h4-11,14-15,18,20,26,41H,3,12-13,17,19H2,1-2H3/t26-,32-,33+/m0/s1. The Morgan fingerprint density at radius 2 is 1.98 bits per heavy atom. The lowest BCUT2D eigenvalue weighted by Crippen LogP contribution is -2.49. The van der Waals surface area contributed by atoms with E-state index < -0.39 is 29.2 Å². The summed E-state index contributed by atoms with van der Waals surface area (Å²) in [7, 11) is 1.78. The van der Waals surface area contributed by atoms with Crippen molar-refractivity contribution < 1.29 is 23.8 Å². The van der Waals surface area contributed by atoms with Crippen molar-refractivity contribution in [3.05, 3.63) is 123 Å². The Kier molecular flexibility index (Phi) is 7.57. The van der Waals surface area contributed by atoms with Gasteiger partial charge in [0.2, 0.25) is 5.72 Å². The van der Waals surface area contributed by atoms with Crippen LogP contribution in [0.2, 0.25) is 5.02 Å². The largest absolute Gasteiger partial charge is 0.379 e. The minimum absolute atomic E-state index is 0.0580. The molecule has 1 aromatic heterocycles. The van der Waals surface area contributed by atoms with Crippen molar-refractivity contribution in [2.24, 2.45) is 7.05 Å². The normalized spacial score (nSPS) is 21.1. The topological polar surface area (TPSA) is 101 Å². The van der Waals surface area contributed by atoms with Crippen molar-refractivity contribution in [1.82, 2.24) is 14.5 Å². The van der Waals surface area contributed by atoms with Crippen LogP contribution in [0.15, 0.2) is 73.2 Å². The molecule has 8 nitrogen and oxygen atoms in total. The molecule has 2 aliphatic heterocycles. The van der Waals surface area contributed by atoms with E-state index in [9.17, 15) is 15.2 Å². The van der Waals surface area contributed by atoms with Crippen LogP contribution in [0, 0.1) is 17.1 Å². The number of nitrogens with zero attached hydrogens (tertiary/aromatic N) is 4. The molecule has 3 heterocycles. The molecule has 220 valence electrons. The molecule has 0 unspecified atom stereocenters. The fraction of sp³-hybridized carbons (Fsp3) is 0.303. The number of imidazole rings is 1. The average molecular weight is 601 g/mol. The summed E-state index contributed by atoms with van der Waals surface area (Å²) in [4.78, 5) is 20.3. The molecular weight excluding hydrogens is 571 g/mol. The number of ether oxygens (including phenoxy) is 2. The highest BCUT2D eigenvalue weighted by Gasteiger charge is 2.56. The van der Waals surface area contributed by atoms with Crippen molar-refractivity contribution in [2.45, 2.75) is 43.7 Å². The molecule has 0 radical (unpaired) electrons. The van der Waals surface area contributed by atoms with Crippen molar-refractivity contribution in [3.8, 4) is 6.07 Å². The van der Waals surface area contributed by atoms with Gasteiger partial charge in [0.15, 0.2) is 0 Å². The molecule has 0 spiro atoms. The number of aromatic nitrogens is 2. The van der Waals surface area contributed by atoms with E-state index in [1.807, 2.05) is 0 Å². The summed E-state index contributed by atoms with van der Waals surface area (Å²) in [6, 6.07) is 18.6. The first-order valence-electron chi connectivity index (χ1n) is 14.1. The Morgan fingerprint density at radius 3 is 2.58 bits per heavy atom. The first-order chi connectivity index (χ1) is 20.7. The van der Waals surface area contributed by atoms with Crippen LogP contribution in [0.1, 0.15) is 63.6 Å². The van der Waals surface area contributed by atoms with E-state index >= 15 is 4.39 Å². The number of rotatable bonds is 8. The molecule has 2 aliphatic rings. The third kappa shape index (κ3) is 4.90. The van der Waals surface area contributed by atoms with E-state index in [0.717, 1.165) is 5.56 Å². The lowest BCUT2D eigenvalue weighted by Gasteiger charge is -2.41. The zero-order chi connectivity index (χ0) is 30.4. The van der Waals surface area contributed by atoms with Crippen LogP contribution in [-0.2, 0) is 34.4 Å². The van der Waals surface area contributed by atoms with Gasteiger partial charge in [0.1, 0.15) is 11.4 Å². The highest BCUT2D eigenvalue weighted by Crippen LogP contribution is 2.50. The van der Waals surface area contributed by atoms with Gasteiger partial charge in [0, 0.05) is 37.0 Å². The number of aliphatic hydroxyl groups is 1. The Hall–Kier alpha value is -4.07. The fourth-order valence-electron chi connectivity index (χ4n) is 6.01. The highest BCUT2D eigenvalue weighted by molar-refractivity contribution is 6.30. The molecular formula is C33H30ClFN4O4. The van der Waals surface area contributed by atoms with E-state index in [4.69, 9.17) is 21.1 Å². The van der Waals surface area contributed by atoms with Crippen molar-refractivity contribution in [2.75, 3.05) is 13.2 Å². The van der Waals surface area contributed by atoms with Gasteiger partial charge in [0.05, 0.1) is 47.5 Å². The zero-order valence-corrected chi connectivity index (χ0v) is 24.5. The molecule has 1 saturated heterocycles. The van der Waals surface area contributed by atoms with Gasteiger partial charge < -0.3 is 19.1 Å². The monoisotopic (exact) mass is 600 g/mol. The third-order valence-corrected chi connectivity index (χ3v) is 8.54. The second kappa shape index (κ2) is 11.2. The van der Waals surface area contributed by atoms with Crippen LogP contribution in [0.25, 0.3) is 0 Å². The smallest absolute Gasteiger partial charge is 0.257 e. The molecule has 43 heavy (non-hydrogen) atoms. The Labute approximate surface area is 253 Å². The van der Waals surface area contributed by atoms with Gasteiger partial charge in [-0.2, -0.15) is 5.26 Å². The molecule has 3 aromatic carbocycles. The molecule has 4 aromatic rings. The summed E-state index contributed by atoms with van der Waals surface area (Å²) in [6.07, 6.45) is 3.59. The van der Waals surface area contributed by atoms with Gasteiger partial charge in [-0.05, 0) is 60.4 Å². The van der Waals surface area contributed by atoms with Gasteiger partial charge >= 0.3 is 0 Å². The maximum Gasteiger partial charge on any atom is 0.257 e. The van der Waals surface area contributed by atoms with Crippen LogP contribution >= 0.6 is 11.6 Å². The summed E-state index contributed by atoms with van der Waals surface area (Å²) < 4.78 is 30.9. The lowest BCUT2D eigenvalue weighted by molar-refractivity contribution is -0.148. The van der Waals surface area contributed by atoms with Crippen molar-refractivity contribution in [1.29, 1.82) is 5.26 Å². The maximum atomic E-state index is 16.8. The van der Waals surface area contributed by atoms with E-state index in [2.05, 4.69) is 11.1 Å². The number of halogens is 2. The van der Waals surface area contributed by atoms with E-state index in [1.165, 1.54) is 11.0 Å². The number of benzene rings is 3. The van der Waals surface area contributed by atoms with Crippen molar-refractivity contribution in [3.63, 3.8) is 0 Å². The molecule has 0 saturated carbocycles. The Balaban J connectivity index is 1.58. The van der Waals surface area contributed by atoms with E-state index in [0.29, 0.717) is 41.5 Å². The van der Waals surface area contributed by atoms with E-state index in [-0.39, 0.29) is 29.7 Å². The summed E-state index contributed by atoms with van der Waals surface area (Å²) in [5.74, 6) is -1.16. The fourth-order valence-corrected chi connectivity index (χ4v) is 6.13. The van der Waals surface area contributed by atoms with Gasteiger partial charge in [0.25, 0.3) is 5.91 Å². The number of carbonyl (C=O) groups is 1. The van der Waals surface area contributed by atoms with E-state index in [1.54, 1.807) is 85.7 Å². The molecule has 1 amide bonds. The molecule has 0 aliphatic carbocycles. The molecule has 3 atom stereocenters. The molecule has 1 fully saturated rings. The highest BCUT2D eigenvalue weighted by atomic mass is 35.5. The molecule has 6 rings (SSSR count). The van der Waals surface area contributed by atoms with Gasteiger partial charge in [-0.1, -0.05) is 42.8 Å². The Bertz CT molecular complexity index is 1710. The minimum Gasteiger partial charge on any atom is -0.379 e. The predicted octanol–water partition coefficient (Wildman–Crippen LogP) is 5.39. The Morgan fingerprint density at radius 1 is 1.23 bits per heavy atom. The summed E-state index contributed by atoms with van der Waals surface area (Å²) in [6.45, 7) is 2.61. The number of amides is 1. The SMILES string of the molecule is CC[C@](O)(c1cc(F)c2c(c1)C(=O)N(Cc1ccc(C#N)cc1)[C@@]2(O[C@H]1CCOC1)c1ccc(Cl)cc1)c1cn(C)cn1. The third-order valence-electron chi connectivity index (χ3n) is 8.29. The summed E-state index contributed by atoms with van der Waals surface area (Å²) >= 11 is 6.26. The maximum absolute atomic E-state index is 16.8. The van der Waals surface area contributed by atoms with Gasteiger partial charge in [-0.3, -0.25) is 9.69 Å². The second-order valence-electron chi connectivity index (χ2n) is 11.0. The number of nitriles is 1. The number of carbonyl (C=O) groups excluding carboxylic acids is 1. The van der Waals surface area contributed by atoms with Gasteiger partial charge in [-0.15, -0.1) is 0 Å². The number of fused-ring (bicyclic) bond motifs is 1. The lowest BCUT2D eigenvalue weighted by atomic mass is 9.84. The zero-order valence-electron chi connectivity index (χ0n) is 23.8. The van der Waals surface area contributed by atoms with Crippen LogP contribution in [-0.4, -0.2) is 44.8 Å². The first-order valence-corrected chi connectivity index (χ1v) is 14.5. The second-order valence-corrected chi connectivity index (χ2v) is 11.4. The van der Waals surface area contributed by atoms with Gasteiger partial charge in [-0.25, -0.2) is 9.37 Å². The quantitative estimate of drug-likeness (QED) is 0.291.